The molecule has 1 aliphatic heterocycles. The van der Waals surface area contributed by atoms with E-state index in [0.717, 1.165) is 12.8 Å². The van der Waals surface area contributed by atoms with Crippen LogP contribution in [0.4, 0.5) is 0 Å². The predicted octanol–water partition coefficient (Wildman–Crippen LogP) is 2.09. The third-order valence-electron chi connectivity index (χ3n) is 5.36. The van der Waals surface area contributed by atoms with Crippen LogP contribution >= 0.6 is 11.6 Å². The van der Waals surface area contributed by atoms with E-state index < -0.39 is 10.0 Å². The summed E-state index contributed by atoms with van der Waals surface area (Å²) < 4.78 is 27.0. The van der Waals surface area contributed by atoms with Crippen LogP contribution in [-0.4, -0.2) is 61.8 Å². The molecule has 2 fully saturated rings. The van der Waals surface area contributed by atoms with Crippen LogP contribution in [0.3, 0.4) is 0 Å². The Morgan fingerprint density at radius 3 is 2.38 bits per heavy atom. The standard InChI is InChI=1S/C18H26ClN3O3S/c1-14(18(23)20-15-6-2-3-7-15)21-10-12-22(13-11-21)26(24,25)17-9-5-4-8-16(17)19/h4-5,8-9,14-15H,2-3,6-7,10-13H2,1H3,(H,20,23)/t14-/m1/s1. The third kappa shape index (κ3) is 4.22. The van der Waals surface area contributed by atoms with Crippen molar-refractivity contribution in [3.05, 3.63) is 29.3 Å². The highest BCUT2D eigenvalue weighted by Crippen LogP contribution is 2.25. The second kappa shape index (κ2) is 8.25. The topological polar surface area (TPSA) is 69.7 Å². The number of sulfonamides is 1. The average Bonchev–Trinajstić information content (AvgIpc) is 3.14. The van der Waals surface area contributed by atoms with Gasteiger partial charge in [-0.1, -0.05) is 36.6 Å². The van der Waals surface area contributed by atoms with Crippen molar-refractivity contribution in [2.45, 2.75) is 49.6 Å². The van der Waals surface area contributed by atoms with Gasteiger partial charge in [0, 0.05) is 32.2 Å². The molecule has 0 unspecified atom stereocenters. The van der Waals surface area contributed by atoms with E-state index >= 15 is 0 Å². The van der Waals surface area contributed by atoms with Crippen molar-refractivity contribution >= 4 is 27.5 Å². The van der Waals surface area contributed by atoms with Gasteiger partial charge in [0.25, 0.3) is 0 Å². The quantitative estimate of drug-likeness (QED) is 0.823. The first-order chi connectivity index (χ1) is 12.4. The van der Waals surface area contributed by atoms with Gasteiger partial charge < -0.3 is 5.32 Å². The Labute approximate surface area is 160 Å². The molecule has 3 rings (SSSR count). The van der Waals surface area contributed by atoms with E-state index in [-0.39, 0.29) is 21.9 Å². The molecule has 1 saturated heterocycles. The number of carbonyl (C=O) groups is 1. The van der Waals surface area contributed by atoms with E-state index in [2.05, 4.69) is 5.32 Å². The third-order valence-corrected chi connectivity index (χ3v) is 7.75. The number of carbonyl (C=O) groups excluding carboxylic acids is 1. The molecule has 0 radical (unpaired) electrons. The monoisotopic (exact) mass is 399 g/mol. The smallest absolute Gasteiger partial charge is 0.244 e. The highest BCUT2D eigenvalue weighted by molar-refractivity contribution is 7.89. The number of halogens is 1. The van der Waals surface area contributed by atoms with Crippen molar-refractivity contribution in [1.82, 2.24) is 14.5 Å². The lowest BCUT2D eigenvalue weighted by molar-refractivity contribution is -0.127. The van der Waals surface area contributed by atoms with Crippen molar-refractivity contribution in [2.24, 2.45) is 0 Å². The van der Waals surface area contributed by atoms with Gasteiger partial charge >= 0.3 is 0 Å². The Balaban J connectivity index is 1.58. The second-order valence-corrected chi connectivity index (χ2v) is 9.35. The summed E-state index contributed by atoms with van der Waals surface area (Å²) in [5.41, 5.74) is 0. The van der Waals surface area contributed by atoms with Gasteiger partial charge in [-0.05, 0) is 31.9 Å². The van der Waals surface area contributed by atoms with Gasteiger partial charge in [0.1, 0.15) is 4.90 Å². The predicted molar refractivity (Wildman–Crippen MR) is 102 cm³/mol. The van der Waals surface area contributed by atoms with Crippen LogP contribution in [0.2, 0.25) is 5.02 Å². The Morgan fingerprint density at radius 2 is 1.77 bits per heavy atom. The minimum atomic E-state index is -3.61. The van der Waals surface area contributed by atoms with E-state index in [1.54, 1.807) is 18.2 Å². The summed E-state index contributed by atoms with van der Waals surface area (Å²) in [7, 11) is -3.61. The molecule has 1 saturated carbocycles. The zero-order chi connectivity index (χ0) is 18.7. The van der Waals surface area contributed by atoms with Gasteiger partial charge in [-0.15, -0.1) is 0 Å². The largest absolute Gasteiger partial charge is 0.352 e. The van der Waals surface area contributed by atoms with Crippen molar-refractivity contribution < 1.29 is 13.2 Å². The molecule has 0 bridgehead atoms. The average molecular weight is 400 g/mol. The molecule has 2 aliphatic rings. The number of benzene rings is 1. The molecule has 6 nitrogen and oxygen atoms in total. The normalized spacial score (nSPS) is 21.6. The van der Waals surface area contributed by atoms with Crippen molar-refractivity contribution in [1.29, 1.82) is 0 Å². The highest BCUT2D eigenvalue weighted by atomic mass is 35.5. The fourth-order valence-corrected chi connectivity index (χ4v) is 5.60. The molecule has 1 aromatic carbocycles. The Morgan fingerprint density at radius 1 is 1.15 bits per heavy atom. The SMILES string of the molecule is C[C@H](C(=O)NC1CCCC1)N1CCN(S(=O)(=O)c2ccccc2Cl)CC1. The van der Waals surface area contributed by atoms with Gasteiger partial charge in [0.2, 0.25) is 15.9 Å². The highest BCUT2D eigenvalue weighted by Gasteiger charge is 2.33. The molecular weight excluding hydrogens is 374 g/mol. The Hall–Kier alpha value is -1.15. The number of piperazine rings is 1. The number of nitrogens with one attached hydrogen (secondary N) is 1. The molecule has 1 aliphatic carbocycles. The fraction of sp³-hybridized carbons (Fsp3) is 0.611. The zero-order valence-corrected chi connectivity index (χ0v) is 16.6. The first kappa shape index (κ1) is 19.6. The Bertz CT molecular complexity index is 742. The number of rotatable bonds is 5. The number of nitrogens with zero attached hydrogens (tertiary/aromatic N) is 2. The lowest BCUT2D eigenvalue weighted by Gasteiger charge is -2.37. The van der Waals surface area contributed by atoms with E-state index in [0.29, 0.717) is 32.2 Å². The zero-order valence-electron chi connectivity index (χ0n) is 15.0. The van der Waals surface area contributed by atoms with Crippen LogP contribution in [0.15, 0.2) is 29.2 Å². The van der Waals surface area contributed by atoms with Crippen LogP contribution < -0.4 is 5.32 Å². The van der Waals surface area contributed by atoms with Gasteiger partial charge in [-0.2, -0.15) is 4.31 Å². The van der Waals surface area contributed by atoms with Crippen molar-refractivity contribution in [3.8, 4) is 0 Å². The molecule has 26 heavy (non-hydrogen) atoms. The minimum absolute atomic E-state index is 0.0410. The summed E-state index contributed by atoms with van der Waals surface area (Å²) in [6.45, 7) is 3.66. The maximum absolute atomic E-state index is 12.8. The first-order valence-corrected chi connectivity index (χ1v) is 11.0. The van der Waals surface area contributed by atoms with E-state index in [1.807, 2.05) is 11.8 Å². The van der Waals surface area contributed by atoms with Crippen LogP contribution in [0, 0.1) is 0 Å². The summed E-state index contributed by atoms with van der Waals surface area (Å²) in [5.74, 6) is 0.0410. The van der Waals surface area contributed by atoms with Gasteiger partial charge in [-0.3, -0.25) is 9.69 Å². The molecule has 144 valence electrons. The molecule has 1 atom stereocenters. The van der Waals surface area contributed by atoms with Gasteiger partial charge in [0.05, 0.1) is 11.1 Å². The molecule has 0 spiro atoms. The van der Waals surface area contributed by atoms with Crippen molar-refractivity contribution in [2.75, 3.05) is 26.2 Å². The van der Waals surface area contributed by atoms with E-state index in [1.165, 1.54) is 23.2 Å². The molecular formula is C18H26ClN3O3S. The van der Waals surface area contributed by atoms with E-state index in [9.17, 15) is 13.2 Å². The van der Waals surface area contributed by atoms with Crippen LogP contribution in [0.1, 0.15) is 32.6 Å². The summed E-state index contributed by atoms with van der Waals surface area (Å²) in [6, 6.07) is 6.54. The van der Waals surface area contributed by atoms with Crippen LogP contribution in [-0.2, 0) is 14.8 Å². The minimum Gasteiger partial charge on any atom is -0.352 e. The van der Waals surface area contributed by atoms with Gasteiger partial charge in [0.15, 0.2) is 0 Å². The maximum Gasteiger partial charge on any atom is 0.244 e. The summed E-state index contributed by atoms with van der Waals surface area (Å²) in [6.07, 6.45) is 4.47. The lowest BCUT2D eigenvalue weighted by atomic mass is 10.2. The summed E-state index contributed by atoms with van der Waals surface area (Å²) in [5, 5.41) is 3.36. The van der Waals surface area contributed by atoms with Crippen LogP contribution in [0.5, 0.6) is 0 Å². The first-order valence-electron chi connectivity index (χ1n) is 9.18. The number of hydrogen-bond donors (Lipinski definition) is 1. The van der Waals surface area contributed by atoms with E-state index in [4.69, 9.17) is 11.6 Å². The van der Waals surface area contributed by atoms with Gasteiger partial charge in [-0.25, -0.2) is 8.42 Å². The molecule has 1 N–H and O–H groups in total. The number of hydrogen-bond acceptors (Lipinski definition) is 4. The fourth-order valence-electron chi connectivity index (χ4n) is 3.68. The summed E-state index contributed by atoms with van der Waals surface area (Å²) in [4.78, 5) is 14.6. The maximum atomic E-state index is 12.8. The molecule has 1 heterocycles. The Kier molecular flexibility index (Phi) is 6.22. The molecule has 1 amide bonds. The molecule has 8 heteroatoms. The number of amides is 1. The molecule has 0 aromatic heterocycles. The molecule has 1 aromatic rings. The summed E-state index contributed by atoms with van der Waals surface area (Å²) >= 11 is 6.06. The second-order valence-electron chi connectivity index (χ2n) is 7.04. The lowest BCUT2D eigenvalue weighted by Crippen LogP contribution is -2.55. The van der Waals surface area contributed by atoms with Crippen molar-refractivity contribution in [3.63, 3.8) is 0 Å². The van der Waals surface area contributed by atoms with Crippen LogP contribution in [0.25, 0.3) is 0 Å².